The summed E-state index contributed by atoms with van der Waals surface area (Å²) in [5.74, 6) is 0.238. The molecule has 0 radical (unpaired) electrons. The van der Waals surface area contributed by atoms with Crippen LogP contribution in [0.4, 0.5) is 18.9 Å². The number of hydrogen-bond acceptors (Lipinski definition) is 1. The fourth-order valence-electron chi connectivity index (χ4n) is 2.59. The van der Waals surface area contributed by atoms with Crippen LogP contribution >= 0.6 is 0 Å². The molecule has 0 bridgehead atoms. The molecule has 5 heteroatoms. The van der Waals surface area contributed by atoms with Gasteiger partial charge in [0, 0.05) is 11.3 Å². The topological polar surface area (TPSA) is 27.1 Å². The summed E-state index contributed by atoms with van der Waals surface area (Å²) in [5.41, 5.74) is 1.66. The van der Waals surface area contributed by atoms with Gasteiger partial charge in [-0.2, -0.15) is 13.2 Å². The first kappa shape index (κ1) is 13.7. The van der Waals surface area contributed by atoms with Crippen molar-refractivity contribution in [3.63, 3.8) is 0 Å². The molecule has 1 aliphatic rings. The molecule has 0 amide bonds. The van der Waals surface area contributed by atoms with E-state index in [-0.39, 0.29) is 11.4 Å². The average Bonchev–Trinajstić information content (AvgIpc) is 2.76. The lowest BCUT2D eigenvalue weighted by molar-refractivity contribution is -0.138. The van der Waals surface area contributed by atoms with Crippen LogP contribution in [0.1, 0.15) is 22.3 Å². The lowest BCUT2D eigenvalue weighted by Gasteiger charge is -2.20. The van der Waals surface area contributed by atoms with E-state index in [0.29, 0.717) is 12.2 Å². The molecule has 1 N–H and O–H groups in total. The van der Waals surface area contributed by atoms with Crippen molar-refractivity contribution in [3.05, 3.63) is 64.7 Å². The number of rotatable bonds is 1. The molecule has 0 saturated carbocycles. The summed E-state index contributed by atoms with van der Waals surface area (Å²) in [6.45, 7) is 1.87. The molecule has 0 aliphatic carbocycles. The quantitative estimate of drug-likeness (QED) is 0.830. The van der Waals surface area contributed by atoms with Crippen molar-refractivity contribution in [1.29, 1.82) is 5.41 Å². The summed E-state index contributed by atoms with van der Waals surface area (Å²) in [6.07, 6.45) is -4.38. The molecule has 0 unspecified atom stereocenters. The summed E-state index contributed by atoms with van der Waals surface area (Å²) >= 11 is 0. The number of amidine groups is 1. The standard InChI is InChI=1S/C16H13F3N2/c1-10-6-7-12(8-14(10)16(17,18)19)21-9-11-4-2-3-5-13(11)15(21)20/h2-8,20H,9H2,1H3. The fraction of sp³-hybridized carbons (Fsp3) is 0.188. The van der Waals surface area contributed by atoms with Gasteiger partial charge >= 0.3 is 6.18 Å². The first-order valence-corrected chi connectivity index (χ1v) is 6.50. The van der Waals surface area contributed by atoms with E-state index < -0.39 is 11.7 Å². The van der Waals surface area contributed by atoms with Gasteiger partial charge in [0.15, 0.2) is 0 Å². The number of alkyl halides is 3. The molecule has 1 heterocycles. The van der Waals surface area contributed by atoms with Gasteiger partial charge in [0.2, 0.25) is 0 Å². The number of aryl methyl sites for hydroxylation is 1. The minimum atomic E-state index is -4.38. The zero-order chi connectivity index (χ0) is 15.2. The molecular formula is C16H13F3N2. The summed E-state index contributed by atoms with van der Waals surface area (Å²) in [5, 5.41) is 8.15. The Morgan fingerprint density at radius 3 is 2.48 bits per heavy atom. The summed E-state index contributed by atoms with van der Waals surface area (Å²) in [6, 6.07) is 11.6. The lowest BCUT2D eigenvalue weighted by Crippen LogP contribution is -2.23. The Balaban J connectivity index is 2.02. The fourth-order valence-corrected chi connectivity index (χ4v) is 2.59. The Bertz CT molecular complexity index is 720. The van der Waals surface area contributed by atoms with Crippen LogP contribution in [0, 0.1) is 12.3 Å². The average molecular weight is 290 g/mol. The number of fused-ring (bicyclic) bond motifs is 1. The maximum Gasteiger partial charge on any atom is 0.416 e. The lowest BCUT2D eigenvalue weighted by atomic mass is 10.1. The highest BCUT2D eigenvalue weighted by Crippen LogP contribution is 2.36. The van der Waals surface area contributed by atoms with Gasteiger partial charge in [0.25, 0.3) is 0 Å². The molecule has 0 spiro atoms. The molecule has 0 saturated heterocycles. The van der Waals surface area contributed by atoms with Crippen LogP contribution in [-0.4, -0.2) is 5.84 Å². The monoisotopic (exact) mass is 290 g/mol. The predicted octanol–water partition coefficient (Wildman–Crippen LogP) is 4.36. The van der Waals surface area contributed by atoms with Crippen molar-refractivity contribution in [2.45, 2.75) is 19.6 Å². The van der Waals surface area contributed by atoms with Gasteiger partial charge in [-0.3, -0.25) is 5.41 Å². The van der Waals surface area contributed by atoms with Crippen molar-refractivity contribution < 1.29 is 13.2 Å². The van der Waals surface area contributed by atoms with Crippen LogP contribution in [0.5, 0.6) is 0 Å². The molecule has 0 aromatic heterocycles. The molecular weight excluding hydrogens is 277 g/mol. The third-order valence-corrected chi connectivity index (χ3v) is 3.71. The number of hydrogen-bond donors (Lipinski definition) is 1. The highest BCUT2D eigenvalue weighted by molar-refractivity contribution is 6.11. The van der Waals surface area contributed by atoms with Crippen LogP contribution in [0.3, 0.4) is 0 Å². The van der Waals surface area contributed by atoms with E-state index in [1.54, 1.807) is 11.0 Å². The number of halogens is 3. The van der Waals surface area contributed by atoms with Gasteiger partial charge < -0.3 is 4.90 Å². The minimum absolute atomic E-state index is 0.189. The molecule has 3 rings (SSSR count). The van der Waals surface area contributed by atoms with Crippen LogP contribution in [0.25, 0.3) is 0 Å². The molecule has 21 heavy (non-hydrogen) atoms. The number of nitrogens with zero attached hydrogens (tertiary/aromatic N) is 1. The molecule has 1 aliphatic heterocycles. The minimum Gasteiger partial charge on any atom is -0.322 e. The predicted molar refractivity (Wildman–Crippen MR) is 75.6 cm³/mol. The van der Waals surface area contributed by atoms with Gasteiger partial charge in [-0.25, -0.2) is 0 Å². The SMILES string of the molecule is Cc1ccc(N2Cc3ccccc3C2=N)cc1C(F)(F)F. The Morgan fingerprint density at radius 2 is 1.81 bits per heavy atom. The Kier molecular flexibility index (Phi) is 3.01. The van der Waals surface area contributed by atoms with Crippen molar-refractivity contribution in [2.24, 2.45) is 0 Å². The van der Waals surface area contributed by atoms with Gasteiger partial charge in [-0.15, -0.1) is 0 Å². The number of nitrogens with one attached hydrogen (secondary N) is 1. The largest absolute Gasteiger partial charge is 0.416 e. The highest BCUT2D eigenvalue weighted by Gasteiger charge is 2.34. The normalized spacial score (nSPS) is 14.5. The zero-order valence-corrected chi connectivity index (χ0v) is 11.3. The van der Waals surface area contributed by atoms with E-state index in [2.05, 4.69) is 0 Å². The van der Waals surface area contributed by atoms with Gasteiger partial charge in [0.1, 0.15) is 5.84 Å². The van der Waals surface area contributed by atoms with E-state index in [4.69, 9.17) is 5.41 Å². The molecule has 0 atom stereocenters. The zero-order valence-electron chi connectivity index (χ0n) is 11.3. The van der Waals surface area contributed by atoms with E-state index in [1.165, 1.54) is 13.0 Å². The summed E-state index contributed by atoms with van der Waals surface area (Å²) in [4.78, 5) is 1.60. The highest BCUT2D eigenvalue weighted by atomic mass is 19.4. The summed E-state index contributed by atoms with van der Waals surface area (Å²) < 4.78 is 39.0. The van der Waals surface area contributed by atoms with E-state index in [1.807, 2.05) is 24.3 Å². The van der Waals surface area contributed by atoms with Crippen molar-refractivity contribution in [3.8, 4) is 0 Å². The number of benzene rings is 2. The second-order valence-corrected chi connectivity index (χ2v) is 5.09. The van der Waals surface area contributed by atoms with Crippen molar-refractivity contribution in [2.75, 3.05) is 4.90 Å². The smallest absolute Gasteiger partial charge is 0.322 e. The second kappa shape index (κ2) is 4.62. The van der Waals surface area contributed by atoms with Crippen LogP contribution in [0.2, 0.25) is 0 Å². The maximum absolute atomic E-state index is 13.0. The molecule has 2 aromatic carbocycles. The first-order chi connectivity index (χ1) is 9.88. The molecule has 108 valence electrons. The number of anilines is 1. The molecule has 2 aromatic rings. The second-order valence-electron chi connectivity index (χ2n) is 5.09. The van der Waals surface area contributed by atoms with Gasteiger partial charge in [0.05, 0.1) is 12.1 Å². The van der Waals surface area contributed by atoms with Crippen molar-refractivity contribution in [1.82, 2.24) is 0 Å². The van der Waals surface area contributed by atoms with Crippen LogP contribution in [-0.2, 0) is 12.7 Å². The third kappa shape index (κ3) is 2.28. The van der Waals surface area contributed by atoms with Crippen LogP contribution in [0.15, 0.2) is 42.5 Å². The maximum atomic E-state index is 13.0. The Hall–Kier alpha value is -2.30. The summed E-state index contributed by atoms with van der Waals surface area (Å²) in [7, 11) is 0. The van der Waals surface area contributed by atoms with Crippen molar-refractivity contribution >= 4 is 11.5 Å². The Morgan fingerprint density at radius 1 is 1.10 bits per heavy atom. The van der Waals surface area contributed by atoms with E-state index >= 15 is 0 Å². The molecule has 2 nitrogen and oxygen atoms in total. The third-order valence-electron chi connectivity index (χ3n) is 3.71. The van der Waals surface area contributed by atoms with Crippen LogP contribution < -0.4 is 4.90 Å². The van der Waals surface area contributed by atoms with Gasteiger partial charge in [-0.1, -0.05) is 30.3 Å². The van der Waals surface area contributed by atoms with Gasteiger partial charge in [-0.05, 0) is 30.2 Å². The Labute approximate surface area is 120 Å². The van der Waals surface area contributed by atoms with E-state index in [0.717, 1.165) is 17.2 Å². The first-order valence-electron chi connectivity index (χ1n) is 6.50. The molecule has 0 fully saturated rings. The van der Waals surface area contributed by atoms with E-state index in [9.17, 15) is 13.2 Å².